The fourth-order valence-electron chi connectivity index (χ4n) is 2.93. The molecule has 1 N–H and O–H groups in total. The number of benzene rings is 1. The molecule has 4 heteroatoms. The van der Waals surface area contributed by atoms with Crippen LogP contribution >= 0.6 is 0 Å². The van der Waals surface area contributed by atoms with Crippen LogP contribution in [0.3, 0.4) is 0 Å². The second kappa shape index (κ2) is 6.27. The van der Waals surface area contributed by atoms with Gasteiger partial charge in [-0.25, -0.2) is 8.42 Å². The Morgan fingerprint density at radius 3 is 2.40 bits per heavy atom. The van der Waals surface area contributed by atoms with Gasteiger partial charge < -0.3 is 5.32 Å². The van der Waals surface area contributed by atoms with E-state index in [1.807, 2.05) is 12.1 Å². The quantitative estimate of drug-likeness (QED) is 0.908. The molecule has 2 atom stereocenters. The lowest BCUT2D eigenvalue weighted by Crippen LogP contribution is -2.28. The molecule has 1 aliphatic rings. The Hall–Kier alpha value is -0.870. The average Bonchev–Trinajstić information content (AvgIpc) is 2.88. The summed E-state index contributed by atoms with van der Waals surface area (Å²) in [5.41, 5.74) is 1.18. The van der Waals surface area contributed by atoms with Crippen molar-refractivity contribution in [2.45, 2.75) is 62.1 Å². The molecule has 112 valence electrons. The second-order valence-corrected chi connectivity index (χ2v) is 8.19. The fourth-order valence-corrected chi connectivity index (χ4v) is 4.76. The van der Waals surface area contributed by atoms with Crippen molar-refractivity contribution < 1.29 is 8.42 Å². The molecule has 0 aliphatic heterocycles. The third-order valence-corrected chi connectivity index (χ3v) is 6.43. The zero-order chi connectivity index (χ0) is 14.8. The standard InChI is InChI=1S/C16H25NO2S/c1-4-17-14-7-10-16(11-14)20(18,19)15-8-5-13(6-9-15)12(2)3/h5-6,8-9,12,14,16-17H,4,7,10-11H2,1-3H3. The summed E-state index contributed by atoms with van der Waals surface area (Å²) in [5.74, 6) is 0.427. The van der Waals surface area contributed by atoms with E-state index in [9.17, 15) is 8.42 Å². The van der Waals surface area contributed by atoms with Gasteiger partial charge in [0.2, 0.25) is 0 Å². The van der Waals surface area contributed by atoms with Crippen LogP contribution in [-0.2, 0) is 9.84 Å². The summed E-state index contributed by atoms with van der Waals surface area (Å²) in [6.07, 6.45) is 2.47. The van der Waals surface area contributed by atoms with E-state index in [0.717, 1.165) is 25.8 Å². The maximum atomic E-state index is 12.6. The number of hydrogen-bond donors (Lipinski definition) is 1. The van der Waals surface area contributed by atoms with E-state index in [1.165, 1.54) is 5.56 Å². The van der Waals surface area contributed by atoms with Gasteiger partial charge in [0.15, 0.2) is 9.84 Å². The van der Waals surface area contributed by atoms with Gasteiger partial charge in [0.1, 0.15) is 0 Å². The molecule has 1 saturated carbocycles. The zero-order valence-corrected chi connectivity index (χ0v) is 13.4. The SMILES string of the molecule is CCNC1CCC(S(=O)(=O)c2ccc(C(C)C)cc2)C1. The molecule has 2 unspecified atom stereocenters. The van der Waals surface area contributed by atoms with E-state index in [1.54, 1.807) is 12.1 Å². The highest BCUT2D eigenvalue weighted by Gasteiger charge is 2.34. The predicted octanol–water partition coefficient (Wildman–Crippen LogP) is 3.11. The Kier molecular flexibility index (Phi) is 4.86. The van der Waals surface area contributed by atoms with Crippen molar-refractivity contribution in [1.29, 1.82) is 0 Å². The maximum absolute atomic E-state index is 12.6. The van der Waals surface area contributed by atoms with Crippen molar-refractivity contribution in [3.63, 3.8) is 0 Å². The van der Waals surface area contributed by atoms with Crippen molar-refractivity contribution in [2.75, 3.05) is 6.54 Å². The van der Waals surface area contributed by atoms with Crippen LogP contribution in [0.2, 0.25) is 0 Å². The molecule has 1 aliphatic carbocycles. The van der Waals surface area contributed by atoms with Crippen LogP contribution < -0.4 is 5.32 Å². The highest BCUT2D eigenvalue weighted by atomic mass is 32.2. The third kappa shape index (κ3) is 3.23. The second-order valence-electron chi connectivity index (χ2n) is 5.96. The predicted molar refractivity (Wildman–Crippen MR) is 82.8 cm³/mol. The number of sulfone groups is 1. The van der Waals surface area contributed by atoms with Gasteiger partial charge in [-0.3, -0.25) is 0 Å². The highest BCUT2D eigenvalue weighted by molar-refractivity contribution is 7.92. The van der Waals surface area contributed by atoms with Gasteiger partial charge in [0.25, 0.3) is 0 Å². The van der Waals surface area contributed by atoms with Gasteiger partial charge in [-0.1, -0.05) is 32.9 Å². The smallest absolute Gasteiger partial charge is 0.181 e. The summed E-state index contributed by atoms with van der Waals surface area (Å²) in [4.78, 5) is 0.476. The van der Waals surface area contributed by atoms with Crippen LogP contribution in [0.15, 0.2) is 29.2 Å². The van der Waals surface area contributed by atoms with E-state index < -0.39 is 9.84 Å². The van der Waals surface area contributed by atoms with E-state index in [0.29, 0.717) is 16.9 Å². The van der Waals surface area contributed by atoms with Crippen LogP contribution in [0.25, 0.3) is 0 Å². The Balaban J connectivity index is 2.14. The number of nitrogens with one attached hydrogen (secondary N) is 1. The molecule has 0 aromatic heterocycles. The average molecular weight is 295 g/mol. The number of hydrogen-bond acceptors (Lipinski definition) is 3. The molecule has 0 spiro atoms. The van der Waals surface area contributed by atoms with Gasteiger partial charge in [0.05, 0.1) is 10.1 Å². The van der Waals surface area contributed by atoms with E-state index in [2.05, 4.69) is 26.1 Å². The molecule has 3 nitrogen and oxygen atoms in total. The number of rotatable bonds is 5. The first-order chi connectivity index (χ1) is 9.45. The molecular weight excluding hydrogens is 270 g/mol. The summed E-state index contributed by atoms with van der Waals surface area (Å²) < 4.78 is 25.3. The van der Waals surface area contributed by atoms with Crippen molar-refractivity contribution in [3.8, 4) is 0 Å². The topological polar surface area (TPSA) is 46.2 Å². The lowest BCUT2D eigenvalue weighted by Gasteiger charge is -2.14. The minimum absolute atomic E-state index is 0.226. The summed E-state index contributed by atoms with van der Waals surface area (Å²) in [6, 6.07) is 7.77. The molecule has 0 bridgehead atoms. The molecule has 20 heavy (non-hydrogen) atoms. The Labute approximate surface area is 122 Å². The van der Waals surface area contributed by atoms with Crippen molar-refractivity contribution in [1.82, 2.24) is 5.32 Å². The normalized spacial score (nSPS) is 23.4. The van der Waals surface area contributed by atoms with E-state index in [4.69, 9.17) is 0 Å². The zero-order valence-electron chi connectivity index (χ0n) is 12.6. The van der Waals surface area contributed by atoms with Gasteiger partial charge in [-0.2, -0.15) is 0 Å². The van der Waals surface area contributed by atoms with Crippen LogP contribution in [0.4, 0.5) is 0 Å². The van der Waals surface area contributed by atoms with Gasteiger partial charge in [0, 0.05) is 6.04 Å². The summed E-state index contributed by atoms with van der Waals surface area (Å²) >= 11 is 0. The minimum atomic E-state index is -3.17. The van der Waals surface area contributed by atoms with E-state index >= 15 is 0 Å². The molecule has 0 amide bonds. The van der Waals surface area contributed by atoms with Crippen LogP contribution in [0.5, 0.6) is 0 Å². The van der Waals surface area contributed by atoms with Crippen molar-refractivity contribution >= 4 is 9.84 Å². The first-order valence-electron chi connectivity index (χ1n) is 7.52. The maximum Gasteiger partial charge on any atom is 0.181 e. The molecule has 1 fully saturated rings. The Bertz CT molecular complexity index is 534. The molecule has 1 aromatic carbocycles. The lowest BCUT2D eigenvalue weighted by atomic mass is 10.0. The summed E-state index contributed by atoms with van der Waals surface area (Å²) in [5, 5.41) is 3.13. The molecule has 2 rings (SSSR count). The molecular formula is C16H25NO2S. The highest BCUT2D eigenvalue weighted by Crippen LogP contribution is 2.30. The summed E-state index contributed by atoms with van der Waals surface area (Å²) in [7, 11) is -3.17. The van der Waals surface area contributed by atoms with Crippen LogP contribution in [-0.4, -0.2) is 26.3 Å². The fraction of sp³-hybridized carbons (Fsp3) is 0.625. The molecule has 0 saturated heterocycles. The Morgan fingerprint density at radius 1 is 1.20 bits per heavy atom. The Morgan fingerprint density at radius 2 is 1.85 bits per heavy atom. The van der Waals surface area contributed by atoms with Crippen LogP contribution in [0.1, 0.15) is 51.5 Å². The van der Waals surface area contributed by atoms with Gasteiger partial charge in [-0.15, -0.1) is 0 Å². The minimum Gasteiger partial charge on any atom is -0.314 e. The van der Waals surface area contributed by atoms with Gasteiger partial charge >= 0.3 is 0 Å². The molecule has 1 aromatic rings. The lowest BCUT2D eigenvalue weighted by molar-refractivity contribution is 0.537. The van der Waals surface area contributed by atoms with E-state index in [-0.39, 0.29) is 5.25 Å². The van der Waals surface area contributed by atoms with Crippen molar-refractivity contribution in [2.24, 2.45) is 0 Å². The third-order valence-electron chi connectivity index (χ3n) is 4.19. The molecule has 0 radical (unpaired) electrons. The largest absolute Gasteiger partial charge is 0.314 e. The summed E-state index contributed by atoms with van der Waals surface area (Å²) in [6.45, 7) is 7.19. The monoisotopic (exact) mass is 295 g/mol. The van der Waals surface area contributed by atoms with Crippen LogP contribution in [0, 0.1) is 0 Å². The first kappa shape index (κ1) is 15.5. The first-order valence-corrected chi connectivity index (χ1v) is 9.07. The van der Waals surface area contributed by atoms with Gasteiger partial charge in [-0.05, 0) is 49.4 Å². The van der Waals surface area contributed by atoms with Crippen molar-refractivity contribution in [3.05, 3.63) is 29.8 Å². The molecule has 0 heterocycles.